The summed E-state index contributed by atoms with van der Waals surface area (Å²) >= 11 is 0. The van der Waals surface area contributed by atoms with Crippen LogP contribution in [0.25, 0.3) is 0 Å². The van der Waals surface area contributed by atoms with E-state index in [1.165, 1.54) is 0 Å². The molecule has 0 aromatic heterocycles. The van der Waals surface area contributed by atoms with Crippen molar-refractivity contribution in [1.29, 1.82) is 0 Å². The molecule has 6 nitrogen and oxygen atoms in total. The number of nitrogens with two attached hydrogens (primary N) is 1. The molecule has 1 unspecified atom stereocenters. The number of carbonyl (C=O) groups is 1. The first kappa shape index (κ1) is 20.3. The first-order valence-corrected chi connectivity index (χ1v) is 11.4. The number of nitrogens with zero attached hydrogens (tertiary/aromatic N) is 2. The Kier molecular flexibility index (Phi) is 6.55. The average molecular weight is 394 g/mol. The van der Waals surface area contributed by atoms with Gasteiger partial charge in [-0.25, -0.2) is 8.42 Å². The maximum atomic E-state index is 12.7. The minimum atomic E-state index is -3.42. The largest absolute Gasteiger partial charge is 0.342 e. The molecule has 0 spiro atoms. The van der Waals surface area contributed by atoms with Gasteiger partial charge in [0, 0.05) is 32.2 Å². The zero-order valence-corrected chi connectivity index (χ0v) is 17.0. The lowest BCUT2D eigenvalue weighted by molar-refractivity contribution is -0.131. The van der Waals surface area contributed by atoms with Crippen LogP contribution in [0.5, 0.6) is 0 Å². The van der Waals surface area contributed by atoms with E-state index in [9.17, 15) is 13.2 Å². The summed E-state index contributed by atoms with van der Waals surface area (Å²) in [5.74, 6) is 0.595. The fourth-order valence-corrected chi connectivity index (χ4v) is 5.51. The highest BCUT2D eigenvalue weighted by Gasteiger charge is 2.27. The van der Waals surface area contributed by atoms with Crippen LogP contribution in [0.2, 0.25) is 0 Å². The molecule has 0 saturated carbocycles. The molecule has 1 amide bonds. The fraction of sp³-hybridized carbons (Fsp3) is 0.650. The van der Waals surface area contributed by atoms with E-state index in [2.05, 4.69) is 0 Å². The van der Waals surface area contributed by atoms with Crippen LogP contribution in [-0.4, -0.2) is 55.8 Å². The normalized spacial score (nSPS) is 21.2. The van der Waals surface area contributed by atoms with E-state index in [-0.39, 0.29) is 11.9 Å². The Bertz CT molecular complexity index is 732. The van der Waals surface area contributed by atoms with E-state index in [0.717, 1.165) is 50.8 Å². The van der Waals surface area contributed by atoms with E-state index in [1.807, 2.05) is 11.8 Å². The van der Waals surface area contributed by atoms with E-state index in [1.54, 1.807) is 28.6 Å². The molecule has 1 aromatic carbocycles. The van der Waals surface area contributed by atoms with Crippen LogP contribution in [0, 0.1) is 5.92 Å². The third kappa shape index (κ3) is 4.89. The third-order valence-corrected chi connectivity index (χ3v) is 7.78. The maximum Gasteiger partial charge on any atom is 0.243 e. The van der Waals surface area contributed by atoms with Crippen LogP contribution in [0.4, 0.5) is 0 Å². The second kappa shape index (κ2) is 8.71. The monoisotopic (exact) mass is 393 g/mol. The predicted octanol–water partition coefficient (Wildman–Crippen LogP) is 1.99. The number of benzene rings is 1. The molecule has 2 heterocycles. The quantitative estimate of drug-likeness (QED) is 0.829. The van der Waals surface area contributed by atoms with Crippen molar-refractivity contribution in [2.24, 2.45) is 11.7 Å². The van der Waals surface area contributed by atoms with E-state index >= 15 is 0 Å². The number of likely N-dealkylation sites (tertiary alicyclic amines) is 1. The standard InChI is InChI=1S/C20H31N3O3S/c1-16(21)18-9-13-22(14-10-18)20(24)15-17-5-7-19(8-6-17)27(25,26)23-11-3-2-4-12-23/h5-8,16,18H,2-4,9-15,21H2,1H3. The Morgan fingerprint density at radius 1 is 1.07 bits per heavy atom. The summed E-state index contributed by atoms with van der Waals surface area (Å²) in [7, 11) is -3.42. The summed E-state index contributed by atoms with van der Waals surface area (Å²) in [5, 5.41) is 0. The first-order chi connectivity index (χ1) is 12.9. The van der Waals surface area contributed by atoms with Crippen molar-refractivity contribution in [2.45, 2.75) is 56.4 Å². The average Bonchev–Trinajstić information content (AvgIpc) is 2.69. The van der Waals surface area contributed by atoms with Gasteiger partial charge in [0.05, 0.1) is 11.3 Å². The summed E-state index contributed by atoms with van der Waals surface area (Å²) in [6, 6.07) is 6.98. The molecule has 1 atom stereocenters. The molecule has 3 rings (SSSR count). The number of carbonyl (C=O) groups excluding carboxylic acids is 1. The van der Waals surface area contributed by atoms with Crippen molar-refractivity contribution >= 4 is 15.9 Å². The zero-order chi connectivity index (χ0) is 19.4. The SMILES string of the molecule is CC(N)C1CCN(C(=O)Cc2ccc(S(=O)(=O)N3CCCCC3)cc2)CC1. The molecule has 2 saturated heterocycles. The van der Waals surface area contributed by atoms with Gasteiger partial charge in [-0.05, 0) is 56.2 Å². The molecule has 0 aliphatic carbocycles. The second-order valence-corrected chi connectivity index (χ2v) is 9.80. The minimum Gasteiger partial charge on any atom is -0.342 e. The van der Waals surface area contributed by atoms with Gasteiger partial charge in [0.25, 0.3) is 0 Å². The molecule has 2 aliphatic heterocycles. The number of sulfonamides is 1. The molecule has 7 heteroatoms. The van der Waals surface area contributed by atoms with Gasteiger partial charge in [0.2, 0.25) is 15.9 Å². The summed E-state index contributed by atoms with van der Waals surface area (Å²) < 4.78 is 27.0. The van der Waals surface area contributed by atoms with Gasteiger partial charge in [0.1, 0.15) is 0 Å². The van der Waals surface area contributed by atoms with E-state index in [0.29, 0.717) is 30.3 Å². The van der Waals surface area contributed by atoms with Crippen LogP contribution in [0.3, 0.4) is 0 Å². The van der Waals surface area contributed by atoms with Crippen molar-refractivity contribution < 1.29 is 13.2 Å². The zero-order valence-electron chi connectivity index (χ0n) is 16.1. The molecular weight excluding hydrogens is 362 g/mol. The molecule has 150 valence electrons. The predicted molar refractivity (Wildman–Crippen MR) is 106 cm³/mol. The lowest BCUT2D eigenvalue weighted by Gasteiger charge is -2.33. The Hall–Kier alpha value is -1.44. The molecule has 27 heavy (non-hydrogen) atoms. The van der Waals surface area contributed by atoms with Gasteiger partial charge in [-0.3, -0.25) is 4.79 Å². The lowest BCUT2D eigenvalue weighted by Crippen LogP contribution is -2.43. The van der Waals surface area contributed by atoms with Gasteiger partial charge < -0.3 is 10.6 Å². The highest BCUT2D eigenvalue weighted by molar-refractivity contribution is 7.89. The van der Waals surface area contributed by atoms with Crippen molar-refractivity contribution in [3.8, 4) is 0 Å². The van der Waals surface area contributed by atoms with Gasteiger partial charge >= 0.3 is 0 Å². The molecular formula is C20H31N3O3S. The minimum absolute atomic E-state index is 0.102. The number of hydrogen-bond acceptors (Lipinski definition) is 4. The highest BCUT2D eigenvalue weighted by atomic mass is 32.2. The number of piperidine rings is 2. The van der Waals surface area contributed by atoms with Crippen LogP contribution < -0.4 is 5.73 Å². The van der Waals surface area contributed by atoms with Gasteiger partial charge in [-0.1, -0.05) is 18.6 Å². The van der Waals surface area contributed by atoms with Gasteiger partial charge in [0.15, 0.2) is 0 Å². The maximum absolute atomic E-state index is 12.7. The van der Waals surface area contributed by atoms with Crippen LogP contribution in [0.1, 0.15) is 44.6 Å². The van der Waals surface area contributed by atoms with Crippen molar-refractivity contribution in [3.63, 3.8) is 0 Å². The number of amides is 1. The second-order valence-electron chi connectivity index (χ2n) is 7.86. The van der Waals surface area contributed by atoms with Crippen LogP contribution >= 0.6 is 0 Å². The Balaban J connectivity index is 1.58. The van der Waals surface area contributed by atoms with Crippen molar-refractivity contribution in [3.05, 3.63) is 29.8 Å². The van der Waals surface area contributed by atoms with Crippen LogP contribution in [0.15, 0.2) is 29.2 Å². The smallest absolute Gasteiger partial charge is 0.243 e. The molecule has 2 aliphatic rings. The summed E-state index contributed by atoms with van der Waals surface area (Å²) in [6.07, 6.45) is 5.16. The first-order valence-electron chi connectivity index (χ1n) is 10.0. The topological polar surface area (TPSA) is 83.7 Å². The van der Waals surface area contributed by atoms with Gasteiger partial charge in [-0.2, -0.15) is 4.31 Å². The summed E-state index contributed by atoms with van der Waals surface area (Å²) in [4.78, 5) is 14.8. The molecule has 0 radical (unpaired) electrons. The summed E-state index contributed by atoms with van der Waals surface area (Å²) in [6.45, 7) is 4.74. The summed E-state index contributed by atoms with van der Waals surface area (Å²) in [5.41, 5.74) is 6.81. The fourth-order valence-electron chi connectivity index (χ4n) is 3.99. The number of rotatable bonds is 5. The third-order valence-electron chi connectivity index (χ3n) is 5.87. The van der Waals surface area contributed by atoms with E-state index < -0.39 is 10.0 Å². The lowest BCUT2D eigenvalue weighted by atomic mass is 9.91. The highest BCUT2D eigenvalue weighted by Crippen LogP contribution is 2.22. The van der Waals surface area contributed by atoms with Gasteiger partial charge in [-0.15, -0.1) is 0 Å². The molecule has 1 aromatic rings. The van der Waals surface area contributed by atoms with Crippen LogP contribution in [-0.2, 0) is 21.2 Å². The Morgan fingerprint density at radius 3 is 2.22 bits per heavy atom. The number of hydrogen-bond donors (Lipinski definition) is 1. The van der Waals surface area contributed by atoms with Crippen molar-refractivity contribution in [2.75, 3.05) is 26.2 Å². The molecule has 2 fully saturated rings. The van der Waals surface area contributed by atoms with E-state index in [4.69, 9.17) is 5.73 Å². The Morgan fingerprint density at radius 2 is 1.67 bits per heavy atom. The molecule has 2 N–H and O–H groups in total. The Labute approximate surface area is 162 Å². The molecule has 0 bridgehead atoms. The van der Waals surface area contributed by atoms with Crippen molar-refractivity contribution in [1.82, 2.24) is 9.21 Å².